The van der Waals surface area contributed by atoms with Crippen LogP contribution in [0.2, 0.25) is 0 Å². The van der Waals surface area contributed by atoms with Gasteiger partial charge in [0.2, 0.25) is 10.0 Å². The summed E-state index contributed by atoms with van der Waals surface area (Å²) in [4.78, 5) is 0.328. The van der Waals surface area contributed by atoms with E-state index in [2.05, 4.69) is 4.72 Å². The lowest BCUT2D eigenvalue weighted by Gasteiger charge is -2.13. The third-order valence-electron chi connectivity index (χ3n) is 3.11. The number of sulfonamides is 1. The van der Waals surface area contributed by atoms with Gasteiger partial charge in [-0.1, -0.05) is 43.7 Å². The van der Waals surface area contributed by atoms with E-state index in [1.165, 1.54) is 0 Å². The van der Waals surface area contributed by atoms with Crippen molar-refractivity contribution in [1.82, 2.24) is 4.72 Å². The molecule has 3 nitrogen and oxygen atoms in total. The monoisotopic (exact) mass is 277 g/mol. The summed E-state index contributed by atoms with van der Waals surface area (Å²) in [5.74, 6) is 0. The van der Waals surface area contributed by atoms with Crippen molar-refractivity contribution in [2.75, 3.05) is 0 Å². The van der Waals surface area contributed by atoms with Crippen LogP contribution in [-0.2, 0) is 10.0 Å². The SMILES string of the molecule is CCCC(C)NS(=O)(=O)c1ccc2ccccc2c1. The van der Waals surface area contributed by atoms with Crippen molar-refractivity contribution in [2.24, 2.45) is 0 Å². The molecule has 1 unspecified atom stereocenters. The number of hydrogen-bond acceptors (Lipinski definition) is 2. The Labute approximate surface area is 114 Å². The molecule has 2 aromatic carbocycles. The van der Waals surface area contributed by atoms with Gasteiger partial charge in [-0.2, -0.15) is 0 Å². The van der Waals surface area contributed by atoms with E-state index in [0.29, 0.717) is 4.90 Å². The predicted octanol–water partition coefficient (Wildman–Crippen LogP) is 3.31. The zero-order valence-corrected chi connectivity index (χ0v) is 12.1. The quantitative estimate of drug-likeness (QED) is 0.911. The van der Waals surface area contributed by atoms with Crippen LogP contribution in [0.3, 0.4) is 0 Å². The van der Waals surface area contributed by atoms with Crippen LogP contribution in [0.1, 0.15) is 26.7 Å². The van der Waals surface area contributed by atoms with Gasteiger partial charge >= 0.3 is 0 Å². The Morgan fingerprint density at radius 2 is 1.79 bits per heavy atom. The smallest absolute Gasteiger partial charge is 0.208 e. The molecule has 0 saturated carbocycles. The first-order valence-electron chi connectivity index (χ1n) is 6.54. The molecule has 0 aromatic heterocycles. The number of nitrogens with one attached hydrogen (secondary N) is 1. The zero-order chi connectivity index (χ0) is 13.9. The highest BCUT2D eigenvalue weighted by atomic mass is 32.2. The minimum atomic E-state index is -3.42. The Kier molecular flexibility index (Phi) is 4.22. The van der Waals surface area contributed by atoms with Gasteiger partial charge in [-0.15, -0.1) is 0 Å². The minimum absolute atomic E-state index is 0.0403. The molecule has 0 aliphatic rings. The van der Waals surface area contributed by atoms with Crippen LogP contribution >= 0.6 is 0 Å². The average molecular weight is 277 g/mol. The largest absolute Gasteiger partial charge is 0.240 e. The van der Waals surface area contributed by atoms with Gasteiger partial charge in [-0.25, -0.2) is 13.1 Å². The summed E-state index contributed by atoms with van der Waals surface area (Å²) < 4.78 is 27.2. The Morgan fingerprint density at radius 3 is 2.47 bits per heavy atom. The van der Waals surface area contributed by atoms with E-state index >= 15 is 0 Å². The summed E-state index contributed by atoms with van der Waals surface area (Å²) in [6.45, 7) is 3.93. The van der Waals surface area contributed by atoms with Gasteiger partial charge in [-0.05, 0) is 36.2 Å². The molecule has 0 aliphatic carbocycles. The third-order valence-corrected chi connectivity index (χ3v) is 4.70. The zero-order valence-electron chi connectivity index (χ0n) is 11.3. The van der Waals surface area contributed by atoms with Crippen LogP contribution in [0.25, 0.3) is 10.8 Å². The molecule has 1 N–H and O–H groups in total. The molecule has 0 amide bonds. The van der Waals surface area contributed by atoms with Crippen molar-refractivity contribution >= 4 is 20.8 Å². The third kappa shape index (κ3) is 3.33. The van der Waals surface area contributed by atoms with Crippen molar-refractivity contribution in [3.8, 4) is 0 Å². The summed E-state index contributed by atoms with van der Waals surface area (Å²) in [5.41, 5.74) is 0. The van der Waals surface area contributed by atoms with E-state index in [1.807, 2.05) is 44.2 Å². The molecule has 19 heavy (non-hydrogen) atoms. The molecule has 0 fully saturated rings. The van der Waals surface area contributed by atoms with Crippen molar-refractivity contribution in [3.05, 3.63) is 42.5 Å². The second kappa shape index (κ2) is 5.72. The molecule has 0 spiro atoms. The molecule has 0 aliphatic heterocycles. The molecule has 0 saturated heterocycles. The van der Waals surface area contributed by atoms with Gasteiger partial charge in [0.1, 0.15) is 0 Å². The molecular weight excluding hydrogens is 258 g/mol. The number of hydrogen-bond donors (Lipinski definition) is 1. The molecule has 2 aromatic rings. The Hall–Kier alpha value is -1.39. The normalized spacial score (nSPS) is 13.6. The molecule has 102 valence electrons. The molecule has 0 heterocycles. The Balaban J connectivity index is 2.32. The fourth-order valence-electron chi connectivity index (χ4n) is 2.16. The lowest BCUT2D eigenvalue weighted by Crippen LogP contribution is -2.32. The maximum Gasteiger partial charge on any atom is 0.240 e. The lowest BCUT2D eigenvalue weighted by molar-refractivity contribution is 0.544. The van der Waals surface area contributed by atoms with E-state index in [9.17, 15) is 8.42 Å². The van der Waals surface area contributed by atoms with Crippen molar-refractivity contribution in [1.29, 1.82) is 0 Å². The van der Waals surface area contributed by atoms with Crippen LogP contribution in [-0.4, -0.2) is 14.5 Å². The first-order valence-corrected chi connectivity index (χ1v) is 8.02. The van der Waals surface area contributed by atoms with Crippen molar-refractivity contribution in [3.63, 3.8) is 0 Å². The number of rotatable bonds is 5. The summed E-state index contributed by atoms with van der Waals surface area (Å²) in [6, 6.07) is 12.9. The van der Waals surface area contributed by atoms with E-state index in [-0.39, 0.29) is 6.04 Å². The molecular formula is C15H19NO2S. The molecule has 0 radical (unpaired) electrons. The number of fused-ring (bicyclic) bond motifs is 1. The second-order valence-electron chi connectivity index (χ2n) is 4.82. The Bertz CT molecular complexity index is 665. The maximum atomic E-state index is 12.2. The molecule has 2 rings (SSSR count). The first kappa shape index (κ1) is 14.0. The highest BCUT2D eigenvalue weighted by Crippen LogP contribution is 2.19. The second-order valence-corrected chi connectivity index (χ2v) is 6.53. The van der Waals surface area contributed by atoms with Crippen LogP contribution < -0.4 is 4.72 Å². The molecule has 4 heteroatoms. The van der Waals surface area contributed by atoms with Gasteiger partial charge in [0.15, 0.2) is 0 Å². The van der Waals surface area contributed by atoms with Gasteiger partial charge in [0, 0.05) is 6.04 Å². The highest BCUT2D eigenvalue weighted by molar-refractivity contribution is 7.89. The summed E-state index contributed by atoms with van der Waals surface area (Å²) >= 11 is 0. The van der Waals surface area contributed by atoms with E-state index in [0.717, 1.165) is 23.6 Å². The highest BCUT2D eigenvalue weighted by Gasteiger charge is 2.16. The minimum Gasteiger partial charge on any atom is -0.208 e. The molecule has 0 bridgehead atoms. The van der Waals surface area contributed by atoms with E-state index in [4.69, 9.17) is 0 Å². The van der Waals surface area contributed by atoms with Crippen LogP contribution in [0, 0.1) is 0 Å². The van der Waals surface area contributed by atoms with Gasteiger partial charge in [-0.3, -0.25) is 0 Å². The van der Waals surface area contributed by atoms with E-state index < -0.39 is 10.0 Å². The standard InChI is InChI=1S/C15H19NO2S/c1-3-6-12(2)16-19(17,18)15-10-9-13-7-4-5-8-14(13)11-15/h4-5,7-12,16H,3,6H2,1-2H3. The van der Waals surface area contributed by atoms with Gasteiger partial charge in [0.25, 0.3) is 0 Å². The van der Waals surface area contributed by atoms with Crippen LogP contribution in [0.15, 0.2) is 47.4 Å². The fourth-order valence-corrected chi connectivity index (χ4v) is 3.47. The maximum absolute atomic E-state index is 12.2. The molecule has 1 atom stereocenters. The summed E-state index contributed by atoms with van der Waals surface area (Å²) in [6.07, 6.45) is 1.80. The van der Waals surface area contributed by atoms with Crippen molar-refractivity contribution < 1.29 is 8.42 Å². The summed E-state index contributed by atoms with van der Waals surface area (Å²) in [7, 11) is -3.42. The fraction of sp³-hybridized carbons (Fsp3) is 0.333. The topological polar surface area (TPSA) is 46.2 Å². The van der Waals surface area contributed by atoms with Gasteiger partial charge < -0.3 is 0 Å². The summed E-state index contributed by atoms with van der Waals surface area (Å²) in [5, 5.41) is 1.98. The van der Waals surface area contributed by atoms with E-state index in [1.54, 1.807) is 12.1 Å². The lowest BCUT2D eigenvalue weighted by atomic mass is 10.1. The van der Waals surface area contributed by atoms with Crippen molar-refractivity contribution in [2.45, 2.75) is 37.6 Å². The van der Waals surface area contributed by atoms with Gasteiger partial charge in [0.05, 0.1) is 4.90 Å². The predicted molar refractivity (Wildman–Crippen MR) is 78.6 cm³/mol. The Morgan fingerprint density at radius 1 is 1.11 bits per heavy atom. The van der Waals surface area contributed by atoms with Crippen LogP contribution in [0.5, 0.6) is 0 Å². The number of benzene rings is 2. The average Bonchev–Trinajstić information content (AvgIpc) is 2.37. The first-order chi connectivity index (χ1) is 9.03. The van der Waals surface area contributed by atoms with Crippen LogP contribution in [0.4, 0.5) is 0 Å².